The van der Waals surface area contributed by atoms with Crippen LogP contribution in [0.4, 0.5) is 4.79 Å². The number of rotatable bonds is 6. The number of hydrogen-bond donors (Lipinski definition) is 1. The van der Waals surface area contributed by atoms with Crippen molar-refractivity contribution in [3.8, 4) is 5.75 Å². The molecule has 0 bridgehead atoms. The summed E-state index contributed by atoms with van der Waals surface area (Å²) in [5.74, 6) is 0.352. The van der Waals surface area contributed by atoms with Gasteiger partial charge in [0.15, 0.2) is 6.61 Å². The number of nitrogens with one attached hydrogen (secondary N) is 1. The van der Waals surface area contributed by atoms with Crippen LogP contribution < -0.4 is 10.1 Å². The minimum Gasteiger partial charge on any atom is -0.484 e. The SMILES string of the molecule is CC(C)(C)OC(=O)NC[C@@H]1CN(C(=O)COc2ccc(C=O)cc2)CCO1. The summed E-state index contributed by atoms with van der Waals surface area (Å²) in [5, 5.41) is 2.65. The molecule has 8 nitrogen and oxygen atoms in total. The zero-order valence-electron chi connectivity index (χ0n) is 15.9. The van der Waals surface area contributed by atoms with E-state index >= 15 is 0 Å². The van der Waals surface area contributed by atoms with Gasteiger partial charge < -0.3 is 24.4 Å². The minimum atomic E-state index is -0.569. The first-order valence-electron chi connectivity index (χ1n) is 8.81. The van der Waals surface area contributed by atoms with Crippen LogP contribution in [0.5, 0.6) is 5.75 Å². The van der Waals surface area contributed by atoms with Crippen LogP contribution in [0, 0.1) is 0 Å². The minimum absolute atomic E-state index is 0.105. The molecule has 148 valence electrons. The summed E-state index contributed by atoms with van der Waals surface area (Å²) < 4.78 is 16.2. The number of benzene rings is 1. The highest BCUT2D eigenvalue weighted by Gasteiger charge is 2.25. The van der Waals surface area contributed by atoms with Gasteiger partial charge in [-0.3, -0.25) is 9.59 Å². The molecule has 1 aliphatic rings. The summed E-state index contributed by atoms with van der Waals surface area (Å²) in [5.41, 5.74) is -0.0250. The zero-order valence-corrected chi connectivity index (χ0v) is 15.9. The molecule has 0 spiro atoms. The molecule has 1 fully saturated rings. The van der Waals surface area contributed by atoms with Crippen molar-refractivity contribution in [1.82, 2.24) is 10.2 Å². The molecule has 2 amide bonds. The molecule has 1 aromatic carbocycles. The normalized spacial score (nSPS) is 17.1. The van der Waals surface area contributed by atoms with E-state index in [1.165, 1.54) is 0 Å². The quantitative estimate of drug-likeness (QED) is 0.756. The van der Waals surface area contributed by atoms with E-state index in [1.54, 1.807) is 49.9 Å². The van der Waals surface area contributed by atoms with Crippen LogP contribution >= 0.6 is 0 Å². The molecule has 8 heteroatoms. The molecule has 0 unspecified atom stereocenters. The zero-order chi connectivity index (χ0) is 19.9. The van der Waals surface area contributed by atoms with Crippen molar-refractivity contribution in [1.29, 1.82) is 0 Å². The Balaban J connectivity index is 1.76. The Morgan fingerprint density at radius 3 is 2.63 bits per heavy atom. The molecule has 2 rings (SSSR count). The van der Waals surface area contributed by atoms with Gasteiger partial charge in [-0.05, 0) is 45.0 Å². The maximum atomic E-state index is 12.3. The van der Waals surface area contributed by atoms with Crippen LogP contribution in [0.1, 0.15) is 31.1 Å². The van der Waals surface area contributed by atoms with Crippen molar-refractivity contribution in [2.45, 2.75) is 32.5 Å². The second-order valence-electron chi connectivity index (χ2n) is 7.19. The molecule has 27 heavy (non-hydrogen) atoms. The van der Waals surface area contributed by atoms with E-state index in [-0.39, 0.29) is 25.2 Å². The van der Waals surface area contributed by atoms with Crippen molar-refractivity contribution < 1.29 is 28.6 Å². The van der Waals surface area contributed by atoms with Crippen molar-refractivity contribution >= 4 is 18.3 Å². The second kappa shape index (κ2) is 9.36. The van der Waals surface area contributed by atoms with Gasteiger partial charge in [-0.25, -0.2) is 4.79 Å². The summed E-state index contributed by atoms with van der Waals surface area (Å²) in [6, 6.07) is 6.54. The highest BCUT2D eigenvalue weighted by Crippen LogP contribution is 2.12. The number of aldehydes is 1. The van der Waals surface area contributed by atoms with Crippen LogP contribution in [-0.4, -0.2) is 67.7 Å². The fourth-order valence-electron chi connectivity index (χ4n) is 2.46. The van der Waals surface area contributed by atoms with Gasteiger partial charge in [0.2, 0.25) is 0 Å². The molecular weight excluding hydrogens is 352 g/mol. The lowest BCUT2D eigenvalue weighted by Gasteiger charge is -2.33. The summed E-state index contributed by atoms with van der Waals surface area (Å²) in [4.78, 5) is 36.3. The number of nitrogens with zero attached hydrogens (tertiary/aromatic N) is 1. The van der Waals surface area contributed by atoms with E-state index in [0.717, 1.165) is 6.29 Å². The Morgan fingerprint density at radius 2 is 2.00 bits per heavy atom. The average Bonchev–Trinajstić information content (AvgIpc) is 2.63. The van der Waals surface area contributed by atoms with Gasteiger partial charge in [0.1, 0.15) is 17.6 Å². The van der Waals surface area contributed by atoms with E-state index in [4.69, 9.17) is 14.2 Å². The third-order valence-corrected chi connectivity index (χ3v) is 3.74. The highest BCUT2D eigenvalue weighted by atomic mass is 16.6. The molecule has 0 aromatic heterocycles. The summed E-state index contributed by atoms with van der Waals surface area (Å²) >= 11 is 0. The Bertz CT molecular complexity index is 653. The third kappa shape index (κ3) is 7.26. The van der Waals surface area contributed by atoms with Gasteiger partial charge in [0.05, 0.1) is 12.7 Å². The lowest BCUT2D eigenvalue weighted by atomic mass is 10.2. The van der Waals surface area contributed by atoms with Gasteiger partial charge >= 0.3 is 6.09 Å². The van der Waals surface area contributed by atoms with Gasteiger partial charge in [-0.15, -0.1) is 0 Å². The number of hydrogen-bond acceptors (Lipinski definition) is 6. The Hall–Kier alpha value is -2.61. The van der Waals surface area contributed by atoms with E-state index < -0.39 is 11.7 Å². The Kier molecular flexibility index (Phi) is 7.18. The van der Waals surface area contributed by atoms with E-state index in [0.29, 0.717) is 31.0 Å². The average molecular weight is 378 g/mol. The van der Waals surface area contributed by atoms with Gasteiger partial charge in [0.25, 0.3) is 5.91 Å². The largest absolute Gasteiger partial charge is 0.484 e. The number of amides is 2. The van der Waals surface area contributed by atoms with Crippen molar-refractivity contribution in [3.63, 3.8) is 0 Å². The molecule has 1 aromatic rings. The number of ether oxygens (including phenoxy) is 3. The molecular formula is C19H26N2O6. The van der Waals surface area contributed by atoms with E-state index in [1.807, 2.05) is 0 Å². The van der Waals surface area contributed by atoms with Crippen molar-refractivity contribution in [2.75, 3.05) is 32.8 Å². The predicted octanol–water partition coefficient (Wildman–Crippen LogP) is 1.63. The first-order valence-corrected chi connectivity index (χ1v) is 8.81. The fourth-order valence-corrected chi connectivity index (χ4v) is 2.46. The van der Waals surface area contributed by atoms with Crippen LogP contribution in [0.2, 0.25) is 0 Å². The number of carbonyl (C=O) groups excluding carboxylic acids is 3. The fraction of sp³-hybridized carbons (Fsp3) is 0.526. The van der Waals surface area contributed by atoms with Crippen LogP contribution in [-0.2, 0) is 14.3 Å². The first-order chi connectivity index (χ1) is 12.8. The molecule has 1 saturated heterocycles. The van der Waals surface area contributed by atoms with E-state index in [2.05, 4.69) is 5.32 Å². The lowest BCUT2D eigenvalue weighted by Crippen LogP contribution is -2.51. The topological polar surface area (TPSA) is 94.2 Å². The van der Waals surface area contributed by atoms with Gasteiger partial charge in [0, 0.05) is 25.2 Å². The summed E-state index contributed by atoms with van der Waals surface area (Å²) in [6.45, 7) is 6.74. The lowest BCUT2D eigenvalue weighted by molar-refractivity contribution is -0.140. The number of carbonyl (C=O) groups is 3. The maximum absolute atomic E-state index is 12.3. The van der Waals surface area contributed by atoms with Crippen LogP contribution in [0.25, 0.3) is 0 Å². The van der Waals surface area contributed by atoms with E-state index in [9.17, 15) is 14.4 Å². The predicted molar refractivity (Wildman–Crippen MR) is 97.9 cm³/mol. The molecule has 0 radical (unpaired) electrons. The highest BCUT2D eigenvalue weighted by molar-refractivity contribution is 5.78. The molecule has 1 N–H and O–H groups in total. The maximum Gasteiger partial charge on any atom is 0.407 e. The first kappa shape index (κ1) is 20.7. The molecule has 1 atom stereocenters. The summed E-state index contributed by atoms with van der Waals surface area (Å²) in [6.07, 6.45) is -0.0764. The summed E-state index contributed by atoms with van der Waals surface area (Å²) in [7, 11) is 0. The molecule has 0 aliphatic carbocycles. The van der Waals surface area contributed by atoms with Gasteiger partial charge in [-0.2, -0.15) is 0 Å². The molecule has 1 heterocycles. The Morgan fingerprint density at radius 1 is 1.30 bits per heavy atom. The second-order valence-corrected chi connectivity index (χ2v) is 7.19. The van der Waals surface area contributed by atoms with Gasteiger partial charge in [-0.1, -0.05) is 0 Å². The number of morpholine rings is 1. The molecule has 0 saturated carbocycles. The standard InChI is InChI=1S/C19H26N2O6/c1-19(2,3)27-18(24)20-10-16-11-21(8-9-25-16)17(23)13-26-15-6-4-14(12-22)5-7-15/h4-7,12,16H,8-11,13H2,1-3H3,(H,20,24)/t16-/m1/s1. The number of alkyl carbamates (subject to hydrolysis) is 1. The van der Waals surface area contributed by atoms with Crippen LogP contribution in [0.3, 0.4) is 0 Å². The smallest absolute Gasteiger partial charge is 0.407 e. The Labute approximate surface area is 158 Å². The van der Waals surface area contributed by atoms with Crippen LogP contribution in [0.15, 0.2) is 24.3 Å². The van der Waals surface area contributed by atoms with Crippen molar-refractivity contribution in [3.05, 3.63) is 29.8 Å². The van der Waals surface area contributed by atoms with Crippen molar-refractivity contribution in [2.24, 2.45) is 0 Å². The molecule has 1 aliphatic heterocycles. The third-order valence-electron chi connectivity index (χ3n) is 3.74. The monoisotopic (exact) mass is 378 g/mol.